The van der Waals surface area contributed by atoms with Crippen molar-refractivity contribution >= 4 is 15.9 Å². The predicted molar refractivity (Wildman–Crippen MR) is 138 cm³/mol. The number of aliphatic hydroxyl groups is 1. The van der Waals surface area contributed by atoms with Crippen molar-refractivity contribution in [1.82, 2.24) is 14.2 Å². The molecule has 0 spiro atoms. The highest BCUT2D eigenvalue weighted by Crippen LogP contribution is 2.34. The summed E-state index contributed by atoms with van der Waals surface area (Å²) in [4.78, 5) is 18.5. The number of nitrogens with zero attached hydrogens (tertiary/aromatic N) is 3. The second kappa shape index (κ2) is 11.9. The Kier molecular flexibility index (Phi) is 9.12. The van der Waals surface area contributed by atoms with Crippen LogP contribution in [0.15, 0.2) is 47.6 Å². The van der Waals surface area contributed by atoms with E-state index in [1.54, 1.807) is 49.3 Å². The van der Waals surface area contributed by atoms with Crippen LogP contribution < -0.4 is 4.74 Å². The van der Waals surface area contributed by atoms with E-state index in [0.29, 0.717) is 17.0 Å². The molecular formula is C27H35N3O5S. The molecule has 2 aromatic rings. The molecule has 36 heavy (non-hydrogen) atoms. The molecule has 1 aliphatic heterocycles. The van der Waals surface area contributed by atoms with E-state index in [4.69, 9.17) is 4.74 Å². The van der Waals surface area contributed by atoms with Gasteiger partial charge in [-0.1, -0.05) is 32.6 Å². The zero-order valence-electron chi connectivity index (χ0n) is 21.5. The molecule has 1 aromatic heterocycles. The zero-order chi connectivity index (χ0) is 26.5. The number of hydrogen-bond donors (Lipinski definition) is 1. The molecule has 3 rings (SSSR count). The highest BCUT2D eigenvalue weighted by Gasteiger charge is 2.38. The second-order valence-electron chi connectivity index (χ2n) is 9.73. The van der Waals surface area contributed by atoms with Crippen molar-refractivity contribution in [2.75, 3.05) is 26.7 Å². The maximum atomic E-state index is 13.6. The van der Waals surface area contributed by atoms with Crippen LogP contribution in [0.4, 0.5) is 0 Å². The number of fused-ring (bicyclic) bond motifs is 1. The van der Waals surface area contributed by atoms with Crippen LogP contribution in [0, 0.1) is 23.7 Å². The van der Waals surface area contributed by atoms with Crippen LogP contribution in [-0.2, 0) is 10.0 Å². The summed E-state index contributed by atoms with van der Waals surface area (Å²) in [5.41, 5.74) is 1.11. The minimum absolute atomic E-state index is 0.0235. The molecule has 1 aromatic carbocycles. The SMILES string of the molecule is CC(C)CC#Cc1ccc2c(c1)O[C@@H](CN(C)C(=O)c1cccnc1)[C@@H](C)CN([C@H](C)CO)S2(=O)=O. The maximum absolute atomic E-state index is 13.6. The molecule has 0 saturated heterocycles. The van der Waals surface area contributed by atoms with Gasteiger partial charge in [-0.05, 0) is 43.2 Å². The van der Waals surface area contributed by atoms with Crippen LogP contribution in [-0.4, -0.2) is 72.5 Å². The van der Waals surface area contributed by atoms with Crippen LogP contribution in [0.1, 0.15) is 50.0 Å². The summed E-state index contributed by atoms with van der Waals surface area (Å²) in [5, 5.41) is 9.80. The van der Waals surface area contributed by atoms with Gasteiger partial charge in [-0.15, -0.1) is 0 Å². The molecule has 2 heterocycles. The quantitative estimate of drug-likeness (QED) is 0.596. The normalized spacial score (nSPS) is 20.2. The third kappa shape index (κ3) is 6.44. The fourth-order valence-corrected chi connectivity index (χ4v) is 5.77. The summed E-state index contributed by atoms with van der Waals surface area (Å²) in [6.45, 7) is 7.78. The molecule has 0 aliphatic carbocycles. The summed E-state index contributed by atoms with van der Waals surface area (Å²) < 4.78 is 34.8. The van der Waals surface area contributed by atoms with Crippen molar-refractivity contribution in [2.45, 2.75) is 51.2 Å². The number of benzene rings is 1. The van der Waals surface area contributed by atoms with E-state index in [1.807, 2.05) is 6.92 Å². The monoisotopic (exact) mass is 513 g/mol. The smallest absolute Gasteiger partial charge is 0.255 e. The van der Waals surface area contributed by atoms with E-state index in [0.717, 1.165) is 6.42 Å². The molecule has 8 nitrogen and oxygen atoms in total. The highest BCUT2D eigenvalue weighted by atomic mass is 32.2. The maximum Gasteiger partial charge on any atom is 0.255 e. The van der Waals surface area contributed by atoms with E-state index in [9.17, 15) is 18.3 Å². The van der Waals surface area contributed by atoms with Crippen molar-refractivity contribution < 1.29 is 23.1 Å². The largest absolute Gasteiger partial charge is 0.487 e. The molecule has 194 valence electrons. The second-order valence-corrected chi connectivity index (χ2v) is 11.6. The van der Waals surface area contributed by atoms with Gasteiger partial charge in [0.15, 0.2) is 0 Å². The summed E-state index contributed by atoms with van der Waals surface area (Å²) >= 11 is 0. The molecule has 1 N–H and O–H groups in total. The van der Waals surface area contributed by atoms with Crippen LogP contribution >= 0.6 is 0 Å². The van der Waals surface area contributed by atoms with Crippen molar-refractivity contribution in [2.24, 2.45) is 11.8 Å². The number of likely N-dealkylation sites (N-methyl/N-ethyl adjacent to an activating group) is 1. The summed E-state index contributed by atoms with van der Waals surface area (Å²) in [6.07, 6.45) is 3.33. The fraction of sp³-hybridized carbons (Fsp3) is 0.481. The number of hydrogen-bond acceptors (Lipinski definition) is 6. The molecule has 1 amide bonds. The van der Waals surface area contributed by atoms with Crippen LogP contribution in [0.5, 0.6) is 5.75 Å². The van der Waals surface area contributed by atoms with Gasteiger partial charge in [-0.3, -0.25) is 9.78 Å². The van der Waals surface area contributed by atoms with Gasteiger partial charge in [0.05, 0.1) is 18.7 Å². The van der Waals surface area contributed by atoms with Crippen molar-refractivity contribution in [1.29, 1.82) is 0 Å². The Morgan fingerprint density at radius 3 is 2.69 bits per heavy atom. The number of ether oxygens (including phenoxy) is 1. The van der Waals surface area contributed by atoms with Crippen LogP contribution in [0.25, 0.3) is 0 Å². The van der Waals surface area contributed by atoms with Gasteiger partial charge in [-0.25, -0.2) is 8.42 Å². The number of carbonyl (C=O) groups is 1. The minimum Gasteiger partial charge on any atom is -0.487 e. The van der Waals surface area contributed by atoms with E-state index in [1.165, 1.54) is 16.6 Å². The van der Waals surface area contributed by atoms with E-state index in [-0.39, 0.29) is 42.2 Å². The number of aliphatic hydroxyl groups excluding tert-OH is 1. The summed E-state index contributed by atoms with van der Waals surface area (Å²) in [7, 11) is -2.25. The van der Waals surface area contributed by atoms with E-state index < -0.39 is 22.2 Å². The van der Waals surface area contributed by atoms with E-state index in [2.05, 4.69) is 30.7 Å². The lowest BCUT2D eigenvalue weighted by molar-refractivity contribution is 0.0563. The topological polar surface area (TPSA) is 100 Å². The van der Waals surface area contributed by atoms with Crippen molar-refractivity contribution in [3.63, 3.8) is 0 Å². The third-order valence-electron chi connectivity index (χ3n) is 6.12. The molecule has 0 unspecified atom stereocenters. The Bertz CT molecular complexity index is 1220. The lowest BCUT2D eigenvalue weighted by atomic mass is 10.0. The molecule has 0 fully saturated rings. The minimum atomic E-state index is -3.94. The molecule has 0 saturated carbocycles. The average Bonchev–Trinajstić information content (AvgIpc) is 2.85. The average molecular weight is 514 g/mol. The summed E-state index contributed by atoms with van der Waals surface area (Å²) in [5.74, 6) is 6.35. The first-order chi connectivity index (χ1) is 17.0. The predicted octanol–water partition coefficient (Wildman–Crippen LogP) is 3.02. The van der Waals surface area contributed by atoms with E-state index >= 15 is 0 Å². The van der Waals surface area contributed by atoms with Gasteiger partial charge in [-0.2, -0.15) is 4.31 Å². The Labute approximate surface area is 214 Å². The lowest BCUT2D eigenvalue weighted by Crippen LogP contribution is -2.50. The van der Waals surface area contributed by atoms with Crippen LogP contribution in [0.3, 0.4) is 0 Å². The molecule has 9 heteroatoms. The first-order valence-electron chi connectivity index (χ1n) is 12.1. The first-order valence-corrected chi connectivity index (χ1v) is 13.6. The van der Waals surface area contributed by atoms with Crippen molar-refractivity contribution in [3.05, 3.63) is 53.9 Å². The first kappa shape index (κ1) is 27.7. The third-order valence-corrected chi connectivity index (χ3v) is 8.14. The summed E-state index contributed by atoms with van der Waals surface area (Å²) in [6, 6.07) is 7.61. The Morgan fingerprint density at radius 2 is 2.06 bits per heavy atom. The van der Waals surface area contributed by atoms with Crippen molar-refractivity contribution in [3.8, 4) is 17.6 Å². The van der Waals surface area contributed by atoms with Gasteiger partial charge in [0.2, 0.25) is 10.0 Å². The number of carbonyl (C=O) groups excluding carboxylic acids is 1. The number of aromatic nitrogens is 1. The standard InChI is InChI=1S/C27H35N3O5S/c1-19(2)8-6-9-22-11-12-26-24(14-22)35-25(17-29(5)27(32)23-10-7-13-28-15-23)20(3)16-30(21(4)18-31)36(26,33)34/h7,10-15,19-21,25,31H,8,16-18H2,1-5H3/t20-,21+,25-/m0/s1. The lowest BCUT2D eigenvalue weighted by Gasteiger charge is -2.37. The Morgan fingerprint density at radius 1 is 1.31 bits per heavy atom. The Hall–Kier alpha value is -2.93. The fourth-order valence-electron chi connectivity index (χ4n) is 3.94. The zero-order valence-corrected chi connectivity index (χ0v) is 22.3. The highest BCUT2D eigenvalue weighted by molar-refractivity contribution is 7.89. The van der Waals surface area contributed by atoms with Gasteiger partial charge in [0, 0.05) is 49.9 Å². The number of rotatable bonds is 6. The number of sulfonamides is 1. The molecule has 3 atom stereocenters. The number of pyridine rings is 1. The van der Waals surface area contributed by atoms with Gasteiger partial charge in [0.1, 0.15) is 16.7 Å². The molecule has 0 bridgehead atoms. The molecular weight excluding hydrogens is 478 g/mol. The Balaban J connectivity index is 2.00. The van der Waals surface area contributed by atoms with Gasteiger partial charge >= 0.3 is 0 Å². The molecule has 1 aliphatic rings. The van der Waals surface area contributed by atoms with Gasteiger partial charge in [0.25, 0.3) is 5.91 Å². The molecule has 0 radical (unpaired) electrons. The van der Waals surface area contributed by atoms with Crippen LogP contribution in [0.2, 0.25) is 0 Å². The van der Waals surface area contributed by atoms with Gasteiger partial charge < -0.3 is 14.7 Å². The number of amides is 1.